The first-order valence-electron chi connectivity index (χ1n) is 8.08. The van der Waals surface area contributed by atoms with E-state index in [-0.39, 0.29) is 12.5 Å². The van der Waals surface area contributed by atoms with Gasteiger partial charge >= 0.3 is 5.97 Å². The number of carboxylic acid groups (broad SMARTS) is 1. The first-order chi connectivity index (χ1) is 11.9. The molecule has 7 nitrogen and oxygen atoms in total. The minimum Gasteiger partial charge on any atom is -0.480 e. The molecule has 0 bridgehead atoms. The smallest absolute Gasteiger partial charge is 0.326 e. The molecule has 2 aromatic rings. The van der Waals surface area contributed by atoms with Crippen molar-refractivity contribution >= 4 is 11.9 Å². The number of hydrogen-bond acceptors (Lipinski definition) is 4. The summed E-state index contributed by atoms with van der Waals surface area (Å²) in [6.07, 6.45) is 0.610. The van der Waals surface area contributed by atoms with Crippen molar-refractivity contribution in [1.29, 1.82) is 0 Å². The van der Waals surface area contributed by atoms with Gasteiger partial charge in [0.25, 0.3) is 5.56 Å². The van der Waals surface area contributed by atoms with Crippen LogP contribution in [-0.4, -0.2) is 32.8 Å². The Kier molecular flexibility index (Phi) is 6.05. The van der Waals surface area contributed by atoms with Gasteiger partial charge in [-0.15, -0.1) is 0 Å². The number of nitrogens with zero attached hydrogens (tertiary/aromatic N) is 2. The van der Waals surface area contributed by atoms with Gasteiger partial charge < -0.3 is 10.4 Å². The molecule has 0 radical (unpaired) electrons. The lowest BCUT2D eigenvalue weighted by molar-refractivity contribution is -0.143. The zero-order chi connectivity index (χ0) is 18.4. The molecule has 25 heavy (non-hydrogen) atoms. The number of hydrogen-bond donors (Lipinski definition) is 2. The van der Waals surface area contributed by atoms with E-state index in [2.05, 4.69) is 10.4 Å². The third-order valence-electron chi connectivity index (χ3n) is 4.03. The van der Waals surface area contributed by atoms with Crippen LogP contribution in [-0.2, 0) is 16.1 Å². The highest BCUT2D eigenvalue weighted by atomic mass is 16.4. The minimum atomic E-state index is -1.10. The Balaban J connectivity index is 2.18. The van der Waals surface area contributed by atoms with Crippen molar-refractivity contribution in [2.75, 3.05) is 0 Å². The molecule has 0 spiro atoms. The van der Waals surface area contributed by atoms with Crippen molar-refractivity contribution in [2.45, 2.75) is 32.9 Å². The van der Waals surface area contributed by atoms with E-state index >= 15 is 0 Å². The van der Waals surface area contributed by atoms with Crippen LogP contribution in [0.15, 0.2) is 47.3 Å². The molecule has 132 valence electrons. The fraction of sp³-hybridized carbons (Fsp3) is 0.333. The molecule has 7 heteroatoms. The molecular weight excluding hydrogens is 322 g/mol. The second-order valence-electron chi connectivity index (χ2n) is 5.85. The first-order valence-corrected chi connectivity index (χ1v) is 8.08. The van der Waals surface area contributed by atoms with Crippen LogP contribution in [0.1, 0.15) is 20.3 Å². The zero-order valence-corrected chi connectivity index (χ0v) is 14.2. The minimum absolute atomic E-state index is 0.221. The number of nitrogens with one attached hydrogen (secondary N) is 1. The standard InChI is InChI=1S/C18H21N3O4/c1-3-12(2)17(18(24)25)19-15(22)11-21-16(23)10-9-14(20-21)13-7-5-4-6-8-13/h4-10,12,17H,3,11H2,1-2H3,(H,19,22)(H,24,25)/t12-,17+/m0/s1. The monoisotopic (exact) mass is 343 g/mol. The Morgan fingerprint density at radius 2 is 1.88 bits per heavy atom. The molecule has 1 amide bonds. The van der Waals surface area contributed by atoms with Gasteiger partial charge in [-0.1, -0.05) is 50.6 Å². The molecule has 0 unspecified atom stereocenters. The van der Waals surface area contributed by atoms with Crippen molar-refractivity contribution in [2.24, 2.45) is 5.92 Å². The van der Waals surface area contributed by atoms with Crippen LogP contribution < -0.4 is 10.9 Å². The molecule has 1 heterocycles. The topological polar surface area (TPSA) is 101 Å². The molecule has 0 aliphatic heterocycles. The van der Waals surface area contributed by atoms with Crippen molar-refractivity contribution in [3.05, 3.63) is 52.8 Å². The van der Waals surface area contributed by atoms with Gasteiger partial charge in [-0.05, 0) is 12.0 Å². The Morgan fingerprint density at radius 1 is 1.20 bits per heavy atom. The predicted molar refractivity (Wildman–Crippen MR) is 93.0 cm³/mol. The van der Waals surface area contributed by atoms with Crippen molar-refractivity contribution in [1.82, 2.24) is 15.1 Å². The van der Waals surface area contributed by atoms with Gasteiger partial charge in [0.15, 0.2) is 0 Å². The summed E-state index contributed by atoms with van der Waals surface area (Å²) in [6, 6.07) is 11.2. The van der Waals surface area contributed by atoms with Gasteiger partial charge in [-0.25, -0.2) is 9.48 Å². The van der Waals surface area contributed by atoms with Crippen LogP contribution in [0.5, 0.6) is 0 Å². The number of carboxylic acids is 1. The van der Waals surface area contributed by atoms with E-state index in [1.54, 1.807) is 13.0 Å². The van der Waals surface area contributed by atoms with Crippen molar-refractivity contribution < 1.29 is 14.7 Å². The van der Waals surface area contributed by atoms with Gasteiger partial charge in [0.05, 0.1) is 5.69 Å². The highest BCUT2D eigenvalue weighted by Crippen LogP contribution is 2.14. The summed E-state index contributed by atoms with van der Waals surface area (Å²) in [5.41, 5.74) is 0.953. The van der Waals surface area contributed by atoms with E-state index in [9.17, 15) is 19.5 Å². The molecule has 0 saturated heterocycles. The van der Waals surface area contributed by atoms with E-state index in [1.807, 2.05) is 37.3 Å². The van der Waals surface area contributed by atoms with E-state index in [0.717, 1.165) is 10.2 Å². The van der Waals surface area contributed by atoms with E-state index in [1.165, 1.54) is 6.07 Å². The number of aliphatic carboxylic acids is 1. The lowest BCUT2D eigenvalue weighted by Crippen LogP contribution is -2.47. The van der Waals surface area contributed by atoms with Crippen LogP contribution >= 0.6 is 0 Å². The third kappa shape index (κ3) is 4.76. The van der Waals surface area contributed by atoms with Crippen LogP contribution in [0.4, 0.5) is 0 Å². The quantitative estimate of drug-likeness (QED) is 0.794. The highest BCUT2D eigenvalue weighted by molar-refractivity contribution is 5.83. The zero-order valence-electron chi connectivity index (χ0n) is 14.2. The van der Waals surface area contributed by atoms with Crippen molar-refractivity contribution in [3.8, 4) is 11.3 Å². The van der Waals surface area contributed by atoms with Gasteiger partial charge in [-0.3, -0.25) is 9.59 Å². The summed E-state index contributed by atoms with van der Waals surface area (Å²) in [6.45, 7) is 3.27. The lowest BCUT2D eigenvalue weighted by atomic mass is 9.99. The maximum absolute atomic E-state index is 12.2. The molecule has 2 atom stereocenters. The number of benzene rings is 1. The Hall–Kier alpha value is -2.96. The number of carbonyl (C=O) groups excluding carboxylic acids is 1. The normalized spacial score (nSPS) is 13.0. The number of rotatable bonds is 7. The molecular formula is C18H21N3O4. The summed E-state index contributed by atoms with van der Waals surface area (Å²) < 4.78 is 1.03. The second kappa shape index (κ2) is 8.23. The molecule has 0 saturated carbocycles. The average Bonchev–Trinajstić information content (AvgIpc) is 2.61. The van der Waals surface area contributed by atoms with Crippen molar-refractivity contribution in [3.63, 3.8) is 0 Å². The van der Waals surface area contributed by atoms with Crippen LogP contribution in [0.2, 0.25) is 0 Å². The molecule has 0 aliphatic rings. The van der Waals surface area contributed by atoms with Crippen LogP contribution in [0.3, 0.4) is 0 Å². The van der Waals surface area contributed by atoms with Gasteiger partial charge in [-0.2, -0.15) is 5.10 Å². The largest absolute Gasteiger partial charge is 0.480 e. The number of amides is 1. The molecule has 1 aromatic carbocycles. The third-order valence-corrected chi connectivity index (χ3v) is 4.03. The summed E-state index contributed by atoms with van der Waals surface area (Å²) in [4.78, 5) is 35.4. The van der Waals surface area contributed by atoms with Gasteiger partial charge in [0, 0.05) is 11.6 Å². The summed E-state index contributed by atoms with van der Waals surface area (Å²) >= 11 is 0. The Labute approximate surface area is 145 Å². The highest BCUT2D eigenvalue weighted by Gasteiger charge is 2.25. The Bertz CT molecular complexity index is 801. The number of aromatic nitrogens is 2. The Morgan fingerprint density at radius 3 is 2.48 bits per heavy atom. The van der Waals surface area contributed by atoms with E-state index in [0.29, 0.717) is 12.1 Å². The maximum atomic E-state index is 12.2. The lowest BCUT2D eigenvalue weighted by Gasteiger charge is -2.20. The molecule has 2 N–H and O–H groups in total. The van der Waals surface area contributed by atoms with Gasteiger partial charge in [0.2, 0.25) is 5.91 Å². The summed E-state index contributed by atoms with van der Waals surface area (Å²) in [5, 5.41) is 15.9. The molecule has 2 rings (SSSR count). The van der Waals surface area contributed by atoms with Crippen LogP contribution in [0.25, 0.3) is 11.3 Å². The predicted octanol–water partition coefficient (Wildman–Crippen LogP) is 1.53. The van der Waals surface area contributed by atoms with E-state index in [4.69, 9.17) is 0 Å². The molecule has 0 fully saturated rings. The second-order valence-corrected chi connectivity index (χ2v) is 5.85. The summed E-state index contributed by atoms with van der Waals surface area (Å²) in [5.74, 6) is -1.88. The first kappa shape index (κ1) is 18.4. The van der Waals surface area contributed by atoms with Gasteiger partial charge in [0.1, 0.15) is 12.6 Å². The SMILES string of the molecule is CC[C@H](C)[C@@H](NC(=O)Cn1nc(-c2ccccc2)ccc1=O)C(=O)O. The van der Waals surface area contributed by atoms with Crippen LogP contribution in [0, 0.1) is 5.92 Å². The molecule has 1 aromatic heterocycles. The molecule has 0 aliphatic carbocycles. The maximum Gasteiger partial charge on any atom is 0.326 e. The fourth-order valence-electron chi connectivity index (χ4n) is 2.36. The van der Waals surface area contributed by atoms with E-state index < -0.39 is 23.5 Å². The number of carbonyl (C=O) groups is 2. The summed E-state index contributed by atoms with van der Waals surface area (Å²) in [7, 11) is 0. The average molecular weight is 343 g/mol. The fourth-order valence-corrected chi connectivity index (χ4v) is 2.36.